The Bertz CT molecular complexity index is 937. The number of hydrogen-bond donors (Lipinski definition) is 1. The average Bonchev–Trinajstić information content (AvgIpc) is 2.83. The van der Waals surface area contributed by atoms with Crippen LogP contribution in [0.25, 0.3) is 11.1 Å². The number of amides is 1. The zero-order chi connectivity index (χ0) is 25.0. The molecule has 0 heterocycles. The summed E-state index contributed by atoms with van der Waals surface area (Å²) in [6, 6.07) is 12.0. The molecule has 2 rings (SSSR count). The zero-order valence-electron chi connectivity index (χ0n) is 20.0. The van der Waals surface area contributed by atoms with Gasteiger partial charge in [-0.15, -0.1) is 5.48 Å². The van der Waals surface area contributed by atoms with Gasteiger partial charge in [0.2, 0.25) is 0 Å². The molecule has 0 saturated heterocycles. The van der Waals surface area contributed by atoms with Crippen molar-refractivity contribution >= 4 is 23.7 Å². The molecule has 0 saturated carbocycles. The van der Waals surface area contributed by atoms with Gasteiger partial charge in [0.05, 0.1) is 18.6 Å². The van der Waals surface area contributed by atoms with Crippen LogP contribution in [0.5, 0.6) is 0 Å². The molecule has 0 aliphatic rings. The van der Waals surface area contributed by atoms with Gasteiger partial charge in [0.1, 0.15) is 5.82 Å². The smallest absolute Gasteiger partial charge is 0.440 e. The lowest BCUT2D eigenvalue weighted by Gasteiger charge is -2.26. The lowest BCUT2D eigenvalue weighted by atomic mass is 9.85. The molecular weight excluding hydrogens is 461 g/mol. The van der Waals surface area contributed by atoms with Crippen LogP contribution in [0.1, 0.15) is 52.0 Å². The van der Waals surface area contributed by atoms with E-state index in [9.17, 15) is 14.0 Å². The number of hydrogen-bond acceptors (Lipinski definition) is 5. The van der Waals surface area contributed by atoms with E-state index < -0.39 is 17.5 Å². The number of ether oxygens (including phenoxy) is 2. The molecule has 8 heteroatoms. The molecule has 1 atom stereocenters. The van der Waals surface area contributed by atoms with Crippen molar-refractivity contribution in [2.24, 2.45) is 5.41 Å². The molecule has 1 N–H and O–H groups in total. The molecule has 186 valence electrons. The largest absolute Gasteiger partial charge is 0.447 e. The van der Waals surface area contributed by atoms with Gasteiger partial charge in [0, 0.05) is 17.2 Å². The number of hydroxylamine groups is 1. The second kappa shape index (κ2) is 13.9. The Morgan fingerprint density at radius 1 is 1.09 bits per heavy atom. The minimum Gasteiger partial charge on any atom is -0.447 e. The number of unbranched alkanes of at least 4 members (excludes halogenated alkanes) is 1. The predicted molar refractivity (Wildman–Crippen MR) is 130 cm³/mol. The Labute approximate surface area is 205 Å². The number of aryl methyl sites for hydroxylation is 1. The summed E-state index contributed by atoms with van der Waals surface area (Å²) in [6.07, 6.45) is 2.71. The van der Waals surface area contributed by atoms with E-state index in [1.54, 1.807) is 13.0 Å². The van der Waals surface area contributed by atoms with Gasteiger partial charge in [-0.05, 0) is 68.9 Å². The Hall–Kier alpha value is -2.64. The highest BCUT2D eigenvalue weighted by Gasteiger charge is 2.36. The van der Waals surface area contributed by atoms with Gasteiger partial charge in [0.25, 0.3) is 0 Å². The molecule has 0 aliphatic carbocycles. The number of benzene rings is 2. The predicted octanol–water partition coefficient (Wildman–Crippen LogP) is 6.50. The van der Waals surface area contributed by atoms with E-state index >= 15 is 0 Å². The topological polar surface area (TPSA) is 73.9 Å². The van der Waals surface area contributed by atoms with Crippen molar-refractivity contribution < 1.29 is 28.3 Å². The molecule has 1 unspecified atom stereocenters. The Kier molecular flexibility index (Phi) is 11.3. The number of nitrogens with one attached hydrogen (secondary N) is 1. The summed E-state index contributed by atoms with van der Waals surface area (Å²) in [5, 5.41) is 0.477. The molecular formula is C26H33ClFNO5. The molecule has 0 radical (unpaired) electrons. The van der Waals surface area contributed by atoms with Crippen molar-refractivity contribution in [1.82, 2.24) is 5.48 Å². The molecule has 0 bridgehead atoms. The van der Waals surface area contributed by atoms with Gasteiger partial charge in [-0.3, -0.25) is 0 Å². The molecule has 1 amide bonds. The first kappa shape index (κ1) is 27.6. The van der Waals surface area contributed by atoms with E-state index in [4.69, 9.17) is 25.9 Å². The van der Waals surface area contributed by atoms with Gasteiger partial charge in [-0.25, -0.2) is 14.0 Å². The molecule has 2 aromatic rings. The highest BCUT2D eigenvalue weighted by atomic mass is 35.5. The Morgan fingerprint density at radius 3 is 2.50 bits per heavy atom. The van der Waals surface area contributed by atoms with Gasteiger partial charge < -0.3 is 14.3 Å². The van der Waals surface area contributed by atoms with Crippen LogP contribution in [0.4, 0.5) is 9.18 Å². The molecule has 0 aliphatic heterocycles. The van der Waals surface area contributed by atoms with E-state index in [1.165, 1.54) is 12.1 Å². The highest BCUT2D eigenvalue weighted by Crippen LogP contribution is 2.29. The van der Waals surface area contributed by atoms with E-state index in [2.05, 4.69) is 5.48 Å². The van der Waals surface area contributed by atoms with E-state index in [0.29, 0.717) is 36.5 Å². The summed E-state index contributed by atoms with van der Waals surface area (Å²) < 4.78 is 24.5. The molecule has 34 heavy (non-hydrogen) atoms. The first-order valence-corrected chi connectivity index (χ1v) is 11.9. The lowest BCUT2D eigenvalue weighted by molar-refractivity contribution is -0.165. The summed E-state index contributed by atoms with van der Waals surface area (Å²) in [6.45, 7) is 6.46. The van der Waals surface area contributed by atoms with Crippen molar-refractivity contribution in [3.63, 3.8) is 0 Å². The monoisotopic (exact) mass is 493 g/mol. The van der Waals surface area contributed by atoms with Crippen LogP contribution in [-0.4, -0.2) is 31.9 Å². The summed E-state index contributed by atoms with van der Waals surface area (Å²) in [5.41, 5.74) is 3.37. The Balaban J connectivity index is 1.93. The SMILES string of the molecule is CCCCOC(=O)NOC(=O)C(C)(CCCc1ccc(-c2cc(Cl)ccc2F)cc1)COCC. The van der Waals surface area contributed by atoms with Crippen molar-refractivity contribution in [2.75, 3.05) is 19.8 Å². The van der Waals surface area contributed by atoms with Crippen LogP contribution in [0, 0.1) is 11.2 Å². The van der Waals surface area contributed by atoms with Crippen molar-refractivity contribution in [3.8, 4) is 11.1 Å². The number of rotatable bonds is 12. The normalized spacial score (nSPS) is 12.6. The van der Waals surface area contributed by atoms with E-state index in [0.717, 1.165) is 24.0 Å². The van der Waals surface area contributed by atoms with Gasteiger partial charge >= 0.3 is 12.1 Å². The second-order valence-corrected chi connectivity index (χ2v) is 8.79. The standard InChI is InChI=1S/C26H33ClFNO5/c1-4-6-16-33-25(31)29-34-24(30)26(3,18-32-5-2)15-7-8-19-9-11-20(12-10-19)22-17-21(27)13-14-23(22)28/h9-14,17H,4-8,15-16,18H2,1-3H3,(H,29,31). The van der Waals surface area contributed by atoms with Gasteiger partial charge in [0.15, 0.2) is 0 Å². The fourth-order valence-electron chi connectivity index (χ4n) is 3.36. The first-order valence-electron chi connectivity index (χ1n) is 11.5. The van der Waals surface area contributed by atoms with Crippen LogP contribution in [-0.2, 0) is 25.5 Å². The van der Waals surface area contributed by atoms with Crippen LogP contribution in [0.15, 0.2) is 42.5 Å². The van der Waals surface area contributed by atoms with Crippen molar-refractivity contribution in [3.05, 3.63) is 58.9 Å². The summed E-state index contributed by atoms with van der Waals surface area (Å²) in [4.78, 5) is 29.3. The molecule has 2 aromatic carbocycles. The average molecular weight is 494 g/mol. The number of carbonyl (C=O) groups excluding carboxylic acids is 2. The maximum Gasteiger partial charge on any atom is 0.440 e. The lowest BCUT2D eigenvalue weighted by Crippen LogP contribution is -2.39. The van der Waals surface area contributed by atoms with E-state index in [1.807, 2.05) is 38.1 Å². The molecule has 6 nitrogen and oxygen atoms in total. The maximum atomic E-state index is 14.1. The fraction of sp³-hybridized carbons (Fsp3) is 0.462. The maximum absolute atomic E-state index is 14.1. The molecule has 0 fully saturated rings. The minimum atomic E-state index is -0.934. The number of carbonyl (C=O) groups is 2. The van der Waals surface area contributed by atoms with Crippen LogP contribution in [0.3, 0.4) is 0 Å². The van der Waals surface area contributed by atoms with Crippen LogP contribution in [0.2, 0.25) is 5.02 Å². The minimum absolute atomic E-state index is 0.169. The van der Waals surface area contributed by atoms with Crippen molar-refractivity contribution in [2.45, 2.75) is 52.9 Å². The van der Waals surface area contributed by atoms with Crippen LogP contribution >= 0.6 is 11.6 Å². The van der Waals surface area contributed by atoms with Gasteiger partial charge in [-0.2, -0.15) is 0 Å². The summed E-state index contributed by atoms with van der Waals surface area (Å²) in [7, 11) is 0. The quantitative estimate of drug-likeness (QED) is 0.270. The third kappa shape index (κ3) is 8.61. The number of halogens is 2. The van der Waals surface area contributed by atoms with Crippen LogP contribution < -0.4 is 5.48 Å². The molecule has 0 aromatic heterocycles. The fourth-order valence-corrected chi connectivity index (χ4v) is 3.53. The molecule has 0 spiro atoms. The second-order valence-electron chi connectivity index (χ2n) is 8.35. The highest BCUT2D eigenvalue weighted by molar-refractivity contribution is 6.30. The Morgan fingerprint density at radius 2 is 1.82 bits per heavy atom. The van der Waals surface area contributed by atoms with Crippen molar-refractivity contribution in [1.29, 1.82) is 0 Å². The van der Waals surface area contributed by atoms with E-state index in [-0.39, 0.29) is 19.0 Å². The summed E-state index contributed by atoms with van der Waals surface area (Å²) in [5.74, 6) is -0.912. The first-order chi connectivity index (χ1) is 16.3. The third-order valence-corrected chi connectivity index (χ3v) is 5.70. The third-order valence-electron chi connectivity index (χ3n) is 5.46. The summed E-state index contributed by atoms with van der Waals surface area (Å²) >= 11 is 5.99. The van der Waals surface area contributed by atoms with Gasteiger partial charge in [-0.1, -0.05) is 49.2 Å². The zero-order valence-corrected chi connectivity index (χ0v) is 20.8.